The maximum atomic E-state index is 2.42. The maximum absolute atomic E-state index is 2.42. The molecule has 0 spiro atoms. The smallest absolute Gasteiger partial charge is 0.00719 e. The van der Waals surface area contributed by atoms with Gasteiger partial charge in [-0.2, -0.15) is 0 Å². The molecule has 1 aromatic carbocycles. The molecule has 0 saturated carbocycles. The fourth-order valence-corrected chi connectivity index (χ4v) is 3.99. The van der Waals surface area contributed by atoms with Crippen LogP contribution in [-0.2, 0) is 0 Å². The molecule has 142 valence electrons. The van der Waals surface area contributed by atoms with Crippen LogP contribution < -0.4 is 0 Å². The second-order valence-corrected chi connectivity index (χ2v) is 8.27. The van der Waals surface area contributed by atoms with Gasteiger partial charge in [0.25, 0.3) is 0 Å². The van der Waals surface area contributed by atoms with Crippen molar-refractivity contribution in [1.82, 2.24) is 0 Å². The minimum absolute atomic E-state index is 1.27. The Morgan fingerprint density at radius 2 is 1.16 bits per heavy atom. The molecular weight excluding hydrogens is 320 g/mol. The third kappa shape index (κ3) is 15.3. The topological polar surface area (TPSA) is 0 Å². The highest BCUT2D eigenvalue weighted by Crippen LogP contribution is 2.19. The number of rotatable bonds is 17. The Bertz CT molecular complexity index is 396. The predicted octanol–water partition coefficient (Wildman–Crippen LogP) is 8.82. The number of unbranched alkanes of at least 4 members (excludes halogenated alkanes) is 12. The Labute approximate surface area is 161 Å². The van der Waals surface area contributed by atoms with Crippen molar-refractivity contribution in [2.75, 3.05) is 5.75 Å². The van der Waals surface area contributed by atoms with Gasteiger partial charge in [-0.1, -0.05) is 95.1 Å². The summed E-state index contributed by atoms with van der Waals surface area (Å²) >= 11 is 2.00. The molecule has 0 aliphatic heterocycles. The first-order chi connectivity index (χ1) is 12.4. The molecule has 0 aromatic heterocycles. The summed E-state index contributed by atoms with van der Waals surface area (Å²) in [5.74, 6) is 1.27. The molecule has 0 radical (unpaired) electrons. The van der Waals surface area contributed by atoms with E-state index >= 15 is 0 Å². The molecule has 0 N–H and O–H groups in total. The van der Waals surface area contributed by atoms with Crippen molar-refractivity contribution in [3.05, 3.63) is 42.5 Å². The summed E-state index contributed by atoms with van der Waals surface area (Å²) in [7, 11) is 0. The van der Waals surface area contributed by atoms with E-state index in [-0.39, 0.29) is 0 Å². The van der Waals surface area contributed by atoms with E-state index in [2.05, 4.69) is 49.4 Å². The van der Waals surface area contributed by atoms with E-state index in [9.17, 15) is 0 Å². The number of benzene rings is 1. The highest BCUT2D eigenvalue weighted by atomic mass is 32.2. The van der Waals surface area contributed by atoms with Gasteiger partial charge in [0.2, 0.25) is 0 Å². The van der Waals surface area contributed by atoms with Crippen LogP contribution in [0.4, 0.5) is 0 Å². The van der Waals surface area contributed by atoms with Gasteiger partial charge < -0.3 is 0 Å². The minimum atomic E-state index is 1.27. The zero-order valence-electron chi connectivity index (χ0n) is 16.6. The Morgan fingerprint density at radius 3 is 1.76 bits per heavy atom. The van der Waals surface area contributed by atoms with Crippen molar-refractivity contribution in [2.45, 2.75) is 102 Å². The second-order valence-electron chi connectivity index (χ2n) is 7.10. The van der Waals surface area contributed by atoms with E-state index in [0.717, 1.165) is 0 Å². The van der Waals surface area contributed by atoms with Crippen molar-refractivity contribution in [1.29, 1.82) is 0 Å². The summed E-state index contributed by atoms with van der Waals surface area (Å²) in [5.41, 5.74) is 0. The quantitative estimate of drug-likeness (QED) is 0.152. The van der Waals surface area contributed by atoms with Crippen LogP contribution in [0, 0.1) is 0 Å². The van der Waals surface area contributed by atoms with Crippen LogP contribution in [0.2, 0.25) is 0 Å². The van der Waals surface area contributed by atoms with Crippen LogP contribution in [0.1, 0.15) is 96.8 Å². The van der Waals surface area contributed by atoms with E-state index in [1.165, 1.54) is 101 Å². The second kappa shape index (κ2) is 18.1. The number of thioether (sulfide) groups is 1. The van der Waals surface area contributed by atoms with Crippen LogP contribution in [0.3, 0.4) is 0 Å². The highest BCUT2D eigenvalue weighted by Gasteiger charge is 1.94. The molecule has 0 amide bonds. The number of hydrogen-bond acceptors (Lipinski definition) is 1. The summed E-state index contributed by atoms with van der Waals surface area (Å²) in [4.78, 5) is 1.41. The van der Waals surface area contributed by atoms with Crippen molar-refractivity contribution in [3.63, 3.8) is 0 Å². The average molecular weight is 361 g/mol. The minimum Gasteiger partial charge on any atom is -0.126 e. The Kier molecular flexibility index (Phi) is 16.2. The highest BCUT2D eigenvalue weighted by molar-refractivity contribution is 7.99. The lowest BCUT2D eigenvalue weighted by molar-refractivity contribution is 0.607. The van der Waals surface area contributed by atoms with E-state index in [0.29, 0.717) is 0 Å². The van der Waals surface area contributed by atoms with Gasteiger partial charge in [0.05, 0.1) is 0 Å². The van der Waals surface area contributed by atoms with E-state index in [1.807, 2.05) is 11.8 Å². The lowest BCUT2D eigenvalue weighted by Gasteiger charge is -2.02. The number of allylic oxidation sites excluding steroid dienone is 2. The standard InChI is InChI=1S/C24H40S/c1-2-3-4-5-6-7-8-9-10-11-12-13-14-15-16-20-23-25-24-21-18-17-19-22-24/h9-10,17-19,21-22H,2-8,11-16,20,23H2,1H3. The van der Waals surface area contributed by atoms with Crippen LogP contribution in [0.25, 0.3) is 0 Å². The van der Waals surface area contributed by atoms with Gasteiger partial charge in [-0.15, -0.1) is 11.8 Å². The Morgan fingerprint density at radius 1 is 0.640 bits per heavy atom. The zero-order valence-corrected chi connectivity index (χ0v) is 17.4. The monoisotopic (exact) mass is 360 g/mol. The van der Waals surface area contributed by atoms with Gasteiger partial charge in [0, 0.05) is 4.90 Å². The van der Waals surface area contributed by atoms with Gasteiger partial charge in [-0.05, 0) is 50.0 Å². The first-order valence-corrected chi connectivity index (χ1v) is 11.7. The van der Waals surface area contributed by atoms with Gasteiger partial charge in [-0.3, -0.25) is 0 Å². The fourth-order valence-electron chi connectivity index (χ4n) is 3.06. The first-order valence-electron chi connectivity index (χ1n) is 10.8. The summed E-state index contributed by atoms with van der Waals surface area (Å²) < 4.78 is 0. The van der Waals surface area contributed by atoms with E-state index in [1.54, 1.807) is 0 Å². The largest absolute Gasteiger partial charge is 0.126 e. The molecule has 1 heteroatoms. The van der Waals surface area contributed by atoms with E-state index < -0.39 is 0 Å². The van der Waals surface area contributed by atoms with E-state index in [4.69, 9.17) is 0 Å². The van der Waals surface area contributed by atoms with Crippen LogP contribution >= 0.6 is 11.8 Å². The molecule has 0 bridgehead atoms. The van der Waals surface area contributed by atoms with Crippen molar-refractivity contribution >= 4 is 11.8 Å². The molecule has 0 fully saturated rings. The molecule has 1 aromatic rings. The molecule has 25 heavy (non-hydrogen) atoms. The summed E-state index contributed by atoms with van der Waals surface area (Å²) in [6, 6.07) is 10.8. The Balaban J connectivity index is 1.75. The normalized spacial score (nSPS) is 11.4. The van der Waals surface area contributed by atoms with Gasteiger partial charge in [0.15, 0.2) is 0 Å². The molecule has 0 atom stereocenters. The van der Waals surface area contributed by atoms with Crippen molar-refractivity contribution in [3.8, 4) is 0 Å². The molecular formula is C24H40S. The predicted molar refractivity (Wildman–Crippen MR) is 117 cm³/mol. The summed E-state index contributed by atoms with van der Waals surface area (Å²) in [5, 5.41) is 0. The van der Waals surface area contributed by atoms with Gasteiger partial charge in [-0.25, -0.2) is 0 Å². The zero-order chi connectivity index (χ0) is 17.8. The van der Waals surface area contributed by atoms with Crippen LogP contribution in [0.15, 0.2) is 47.4 Å². The Hall–Kier alpha value is -0.690. The number of hydrogen-bond donors (Lipinski definition) is 0. The van der Waals surface area contributed by atoms with Crippen LogP contribution in [-0.4, -0.2) is 5.75 Å². The lowest BCUT2D eigenvalue weighted by atomic mass is 10.1. The molecule has 0 heterocycles. The first kappa shape index (κ1) is 22.4. The maximum Gasteiger partial charge on any atom is 0.00719 e. The molecule has 0 saturated heterocycles. The van der Waals surface area contributed by atoms with Gasteiger partial charge in [0.1, 0.15) is 0 Å². The molecule has 0 aliphatic rings. The summed E-state index contributed by atoms with van der Waals surface area (Å²) in [6.45, 7) is 2.29. The average Bonchev–Trinajstić information content (AvgIpc) is 2.65. The third-order valence-electron chi connectivity index (χ3n) is 4.67. The van der Waals surface area contributed by atoms with Crippen LogP contribution in [0.5, 0.6) is 0 Å². The molecule has 1 rings (SSSR count). The molecule has 0 unspecified atom stereocenters. The van der Waals surface area contributed by atoms with Crippen molar-refractivity contribution < 1.29 is 0 Å². The SMILES string of the molecule is CCCCCCCCC=CCCCCCCCCSc1ccccc1. The third-order valence-corrected chi connectivity index (χ3v) is 5.77. The lowest BCUT2D eigenvalue weighted by Crippen LogP contribution is -1.83. The van der Waals surface area contributed by atoms with Gasteiger partial charge >= 0.3 is 0 Å². The fraction of sp³-hybridized carbons (Fsp3) is 0.667. The van der Waals surface area contributed by atoms with Crippen molar-refractivity contribution in [2.24, 2.45) is 0 Å². The molecule has 0 aliphatic carbocycles. The molecule has 0 nitrogen and oxygen atoms in total. The summed E-state index contributed by atoms with van der Waals surface area (Å²) in [6.07, 6.45) is 24.3.